The van der Waals surface area contributed by atoms with Crippen LogP contribution in [0.5, 0.6) is 0 Å². The summed E-state index contributed by atoms with van der Waals surface area (Å²) in [6.07, 6.45) is 4.66. The van der Waals surface area contributed by atoms with E-state index in [4.69, 9.17) is 5.26 Å². The van der Waals surface area contributed by atoms with E-state index in [-0.39, 0.29) is 0 Å². The van der Waals surface area contributed by atoms with E-state index in [2.05, 4.69) is 4.89 Å². The molecule has 0 spiro atoms. The van der Waals surface area contributed by atoms with Gasteiger partial charge in [-0.3, -0.25) is 4.89 Å². The van der Waals surface area contributed by atoms with Gasteiger partial charge in [0.2, 0.25) is 0 Å². The Morgan fingerprint density at radius 2 is 2.44 bits per heavy atom. The highest BCUT2D eigenvalue weighted by Crippen LogP contribution is 1.88. The van der Waals surface area contributed by atoms with Gasteiger partial charge in [-0.25, -0.2) is 4.79 Å². The molecule has 0 amide bonds. The Hall–Kier alpha value is -0.830. The summed E-state index contributed by atoms with van der Waals surface area (Å²) in [6, 6.07) is 0. The Morgan fingerprint density at radius 1 is 1.78 bits per heavy atom. The van der Waals surface area contributed by atoms with Crippen molar-refractivity contribution in [2.45, 2.75) is 19.8 Å². The maximum Gasteiger partial charge on any atom is 0.365 e. The molecule has 0 saturated heterocycles. The van der Waals surface area contributed by atoms with Crippen LogP contribution in [-0.4, -0.2) is 11.2 Å². The van der Waals surface area contributed by atoms with Crippen LogP contribution in [0.2, 0.25) is 0 Å². The second kappa shape index (κ2) is 5.31. The number of rotatable bonds is 3. The Labute approximate surface area is 53.9 Å². The molecule has 0 heterocycles. The van der Waals surface area contributed by atoms with E-state index < -0.39 is 5.97 Å². The molecule has 0 aromatic heterocycles. The second-order valence-electron chi connectivity index (χ2n) is 1.60. The topological polar surface area (TPSA) is 46.5 Å². The number of allylic oxidation sites excluding steroid dienone is 1. The van der Waals surface area contributed by atoms with Crippen LogP contribution in [0.25, 0.3) is 0 Å². The van der Waals surface area contributed by atoms with Gasteiger partial charge in [-0.1, -0.05) is 19.4 Å². The van der Waals surface area contributed by atoms with Gasteiger partial charge in [0.05, 0.1) is 0 Å². The van der Waals surface area contributed by atoms with Gasteiger partial charge in [0.25, 0.3) is 0 Å². The monoisotopic (exact) mass is 130 g/mol. The maximum absolute atomic E-state index is 10.1. The molecule has 0 aliphatic rings. The lowest BCUT2D eigenvalue weighted by Crippen LogP contribution is -1.93. The maximum atomic E-state index is 10.1. The van der Waals surface area contributed by atoms with Gasteiger partial charge in [0.15, 0.2) is 0 Å². The molecule has 0 saturated carbocycles. The van der Waals surface area contributed by atoms with Crippen molar-refractivity contribution in [1.82, 2.24) is 0 Å². The molecule has 0 aromatic carbocycles. The molecule has 0 atom stereocenters. The summed E-state index contributed by atoms with van der Waals surface area (Å²) in [5.74, 6) is -0.719. The molecule has 1 N–H and O–H groups in total. The van der Waals surface area contributed by atoms with Crippen LogP contribution in [-0.2, 0) is 9.68 Å². The third-order valence-electron chi connectivity index (χ3n) is 0.799. The van der Waals surface area contributed by atoms with Gasteiger partial charge < -0.3 is 0 Å². The second-order valence-corrected chi connectivity index (χ2v) is 1.60. The molecule has 0 fully saturated rings. The van der Waals surface area contributed by atoms with Crippen LogP contribution in [0.4, 0.5) is 0 Å². The summed E-state index contributed by atoms with van der Waals surface area (Å²) in [5, 5.41) is 7.73. The van der Waals surface area contributed by atoms with Gasteiger partial charge in [0.1, 0.15) is 0 Å². The van der Waals surface area contributed by atoms with E-state index in [0.29, 0.717) is 0 Å². The van der Waals surface area contributed by atoms with Crippen LogP contribution in [0.3, 0.4) is 0 Å². The molecule has 0 radical (unpaired) electrons. The first-order valence-electron chi connectivity index (χ1n) is 2.83. The van der Waals surface area contributed by atoms with Gasteiger partial charge >= 0.3 is 5.97 Å². The normalized spacial score (nSPS) is 10.0. The minimum atomic E-state index is -0.719. The van der Waals surface area contributed by atoms with Crippen molar-refractivity contribution in [1.29, 1.82) is 0 Å². The summed E-state index contributed by atoms with van der Waals surface area (Å²) >= 11 is 0. The van der Waals surface area contributed by atoms with E-state index >= 15 is 0 Å². The van der Waals surface area contributed by atoms with Crippen LogP contribution >= 0.6 is 0 Å². The molecule has 0 aliphatic heterocycles. The zero-order valence-corrected chi connectivity index (χ0v) is 5.33. The molecule has 0 aliphatic carbocycles. The van der Waals surface area contributed by atoms with Gasteiger partial charge in [-0.2, -0.15) is 5.26 Å². The standard InChI is InChI=1S/C6H10O3/c1-2-3-4-5-6(7)9-8/h4-5,8H,2-3H2,1H3. The lowest BCUT2D eigenvalue weighted by molar-refractivity contribution is -0.228. The molecular formula is C6H10O3. The van der Waals surface area contributed by atoms with Crippen molar-refractivity contribution >= 4 is 5.97 Å². The van der Waals surface area contributed by atoms with Gasteiger partial charge in [0, 0.05) is 6.08 Å². The first kappa shape index (κ1) is 8.17. The number of unbranched alkanes of at least 4 members (excludes halogenated alkanes) is 1. The first-order chi connectivity index (χ1) is 4.31. The minimum absolute atomic E-state index is 0.719. The van der Waals surface area contributed by atoms with Crippen molar-refractivity contribution in [3.8, 4) is 0 Å². The number of carbonyl (C=O) groups excluding carboxylic acids is 1. The van der Waals surface area contributed by atoms with E-state index in [1.165, 1.54) is 6.08 Å². The SMILES string of the molecule is CCCC=CC(=O)OO. The summed E-state index contributed by atoms with van der Waals surface area (Å²) in [7, 11) is 0. The van der Waals surface area contributed by atoms with Gasteiger partial charge in [-0.15, -0.1) is 0 Å². The fourth-order valence-electron chi connectivity index (χ4n) is 0.377. The largest absolute Gasteiger partial charge is 0.365 e. The third-order valence-corrected chi connectivity index (χ3v) is 0.799. The molecule has 52 valence electrons. The Kier molecular flexibility index (Phi) is 4.82. The summed E-state index contributed by atoms with van der Waals surface area (Å²) in [6.45, 7) is 1.99. The minimum Gasteiger partial charge on any atom is -0.296 e. The van der Waals surface area contributed by atoms with E-state index in [9.17, 15) is 4.79 Å². The zero-order valence-electron chi connectivity index (χ0n) is 5.33. The van der Waals surface area contributed by atoms with Gasteiger partial charge in [-0.05, 0) is 6.42 Å². The van der Waals surface area contributed by atoms with Crippen LogP contribution < -0.4 is 0 Å². The number of hydrogen-bond acceptors (Lipinski definition) is 3. The highest BCUT2D eigenvalue weighted by molar-refractivity contribution is 5.81. The summed E-state index contributed by atoms with van der Waals surface area (Å²) in [4.78, 5) is 13.5. The van der Waals surface area contributed by atoms with E-state index in [0.717, 1.165) is 12.8 Å². The molecular weight excluding hydrogens is 120 g/mol. The smallest absolute Gasteiger partial charge is 0.296 e. The molecule has 9 heavy (non-hydrogen) atoms. The van der Waals surface area contributed by atoms with Crippen molar-refractivity contribution in [2.75, 3.05) is 0 Å². The predicted molar refractivity (Wildman–Crippen MR) is 32.8 cm³/mol. The highest BCUT2D eigenvalue weighted by atomic mass is 17.1. The third kappa shape index (κ3) is 5.03. The Bertz CT molecular complexity index is 107. The predicted octanol–water partition coefficient (Wildman–Crippen LogP) is 1.36. The van der Waals surface area contributed by atoms with Crippen molar-refractivity contribution < 1.29 is 14.9 Å². The van der Waals surface area contributed by atoms with E-state index in [1.807, 2.05) is 6.92 Å². The lowest BCUT2D eigenvalue weighted by Gasteiger charge is -1.84. The summed E-state index contributed by atoms with van der Waals surface area (Å²) in [5.41, 5.74) is 0. The zero-order chi connectivity index (χ0) is 7.11. The molecule has 3 heteroatoms. The number of hydrogen-bond donors (Lipinski definition) is 1. The quantitative estimate of drug-likeness (QED) is 0.356. The lowest BCUT2D eigenvalue weighted by atomic mass is 10.3. The van der Waals surface area contributed by atoms with Crippen molar-refractivity contribution in [3.63, 3.8) is 0 Å². The number of carbonyl (C=O) groups is 1. The Balaban J connectivity index is 3.32. The Morgan fingerprint density at radius 3 is 2.89 bits per heavy atom. The molecule has 3 nitrogen and oxygen atoms in total. The molecule has 0 aromatic rings. The fraction of sp³-hybridized carbons (Fsp3) is 0.500. The highest BCUT2D eigenvalue weighted by Gasteiger charge is 1.89. The average molecular weight is 130 g/mol. The molecule has 0 rings (SSSR count). The van der Waals surface area contributed by atoms with Crippen molar-refractivity contribution in [3.05, 3.63) is 12.2 Å². The van der Waals surface area contributed by atoms with Crippen LogP contribution in [0.15, 0.2) is 12.2 Å². The average Bonchev–Trinajstić information content (AvgIpc) is 1.89. The summed E-state index contributed by atoms with van der Waals surface area (Å²) < 4.78 is 0. The first-order valence-corrected chi connectivity index (χ1v) is 2.83. The fourth-order valence-corrected chi connectivity index (χ4v) is 0.377. The van der Waals surface area contributed by atoms with E-state index in [1.54, 1.807) is 6.08 Å². The van der Waals surface area contributed by atoms with Crippen LogP contribution in [0, 0.1) is 0 Å². The molecule has 0 bridgehead atoms. The molecule has 0 unspecified atom stereocenters. The van der Waals surface area contributed by atoms with Crippen molar-refractivity contribution in [2.24, 2.45) is 0 Å². The van der Waals surface area contributed by atoms with Crippen LogP contribution in [0.1, 0.15) is 19.8 Å².